The number of carbonyl (C=O) groups excluding carboxylic acids is 2. The summed E-state index contributed by atoms with van der Waals surface area (Å²) < 4.78 is 12.1. The van der Waals surface area contributed by atoms with Crippen LogP contribution in [-0.4, -0.2) is 73.4 Å². The first kappa shape index (κ1) is 35.9. The molecule has 252 valence electrons. The maximum absolute atomic E-state index is 13.5. The van der Waals surface area contributed by atoms with Gasteiger partial charge in [0.2, 0.25) is 5.91 Å². The predicted molar refractivity (Wildman–Crippen MR) is 188 cm³/mol. The molecule has 46 heavy (non-hydrogen) atoms. The Hall–Kier alpha value is -2.94. The molecule has 2 aliphatic heterocycles. The molecule has 0 spiro atoms. The number of amides is 2. The minimum Gasteiger partial charge on any atom is -0.494 e. The van der Waals surface area contributed by atoms with Crippen LogP contribution in [0.4, 0.5) is 16.2 Å². The van der Waals surface area contributed by atoms with Crippen LogP contribution in [0.25, 0.3) is 0 Å². The standard InChI is InChI=1S/C36H50Cl2N4O4/c1-24(2)26(5)41(27(6)25(3)4)36(44)46-28(7)42-33-23-30(15-13-29(33)14-16-34(42)43)45-22-9-8-17-39-18-20-40(21-19-39)32-12-10-11-31(37)35(32)38/h10-13,15,23-24,26,28H,8-9,14,16-22H2,1-7H3. The van der Waals surface area contributed by atoms with Gasteiger partial charge in [0.05, 0.1) is 28.0 Å². The van der Waals surface area contributed by atoms with Crippen LogP contribution in [0, 0.1) is 5.92 Å². The van der Waals surface area contributed by atoms with Crippen LogP contribution < -0.4 is 14.5 Å². The fourth-order valence-electron chi connectivity index (χ4n) is 5.94. The number of nitrogens with zero attached hydrogens (tertiary/aromatic N) is 4. The van der Waals surface area contributed by atoms with E-state index in [1.807, 2.05) is 64.1 Å². The van der Waals surface area contributed by atoms with E-state index in [1.165, 1.54) is 0 Å². The number of ether oxygens (including phenoxy) is 2. The van der Waals surface area contributed by atoms with E-state index < -0.39 is 12.3 Å². The summed E-state index contributed by atoms with van der Waals surface area (Å²) in [5.74, 6) is 0.878. The van der Waals surface area contributed by atoms with Gasteiger partial charge in [-0.25, -0.2) is 4.79 Å². The van der Waals surface area contributed by atoms with Crippen LogP contribution in [-0.2, 0) is 16.0 Å². The predicted octanol–water partition coefficient (Wildman–Crippen LogP) is 8.40. The van der Waals surface area contributed by atoms with E-state index in [4.69, 9.17) is 32.7 Å². The SMILES string of the molecule is CC(C)=C(C)N(C(=O)OC(C)N1C(=O)CCc2ccc(OCCCCN3CCN(c4cccc(Cl)c4Cl)CC3)cc21)C(C)C(C)C. The van der Waals surface area contributed by atoms with Gasteiger partial charge in [0.1, 0.15) is 5.75 Å². The number of aryl methyl sites for hydroxylation is 1. The maximum Gasteiger partial charge on any atom is 0.416 e. The zero-order valence-corrected chi connectivity index (χ0v) is 30.0. The Morgan fingerprint density at radius 2 is 1.65 bits per heavy atom. The molecule has 2 aromatic rings. The quantitative estimate of drug-likeness (QED) is 0.211. The molecule has 0 bridgehead atoms. The van der Waals surface area contributed by atoms with Crippen molar-refractivity contribution in [2.75, 3.05) is 49.1 Å². The molecule has 2 aliphatic rings. The summed E-state index contributed by atoms with van der Waals surface area (Å²) in [6, 6.07) is 11.6. The van der Waals surface area contributed by atoms with Gasteiger partial charge in [-0.15, -0.1) is 0 Å². The number of unbranched alkanes of at least 4 members (excludes halogenated alkanes) is 1. The normalized spacial score (nSPS) is 16.6. The van der Waals surface area contributed by atoms with E-state index in [2.05, 4.69) is 23.6 Å². The second-order valence-electron chi connectivity index (χ2n) is 12.9. The summed E-state index contributed by atoms with van der Waals surface area (Å²) in [7, 11) is 0. The summed E-state index contributed by atoms with van der Waals surface area (Å²) in [5, 5.41) is 1.21. The summed E-state index contributed by atoms with van der Waals surface area (Å²) >= 11 is 12.6. The van der Waals surface area contributed by atoms with Gasteiger partial charge < -0.3 is 14.4 Å². The Morgan fingerprint density at radius 3 is 2.33 bits per heavy atom. The molecule has 10 heteroatoms. The van der Waals surface area contributed by atoms with E-state index in [-0.39, 0.29) is 17.9 Å². The molecule has 8 nitrogen and oxygen atoms in total. The highest BCUT2D eigenvalue weighted by atomic mass is 35.5. The van der Waals surface area contributed by atoms with Crippen molar-refractivity contribution in [2.45, 2.75) is 86.4 Å². The first-order valence-electron chi connectivity index (χ1n) is 16.5. The van der Waals surface area contributed by atoms with Gasteiger partial charge in [-0.2, -0.15) is 0 Å². The highest BCUT2D eigenvalue weighted by Gasteiger charge is 2.34. The molecule has 2 amide bonds. The number of anilines is 2. The molecule has 0 aliphatic carbocycles. The molecule has 4 rings (SSSR count). The first-order valence-corrected chi connectivity index (χ1v) is 17.3. The Balaban J connectivity index is 1.30. The fourth-order valence-corrected chi connectivity index (χ4v) is 6.36. The fraction of sp³-hybridized carbons (Fsp3) is 0.556. The number of rotatable bonds is 12. The Morgan fingerprint density at radius 1 is 0.935 bits per heavy atom. The van der Waals surface area contributed by atoms with E-state index in [0.29, 0.717) is 35.2 Å². The van der Waals surface area contributed by atoms with E-state index >= 15 is 0 Å². The van der Waals surface area contributed by atoms with Crippen LogP contribution >= 0.6 is 23.2 Å². The number of allylic oxidation sites excluding steroid dienone is 2. The molecule has 2 aromatic carbocycles. The molecule has 1 saturated heterocycles. The molecule has 0 N–H and O–H groups in total. The van der Waals surface area contributed by atoms with Crippen molar-refractivity contribution >= 4 is 46.6 Å². The third-order valence-electron chi connectivity index (χ3n) is 9.26. The van der Waals surface area contributed by atoms with E-state index in [9.17, 15) is 9.59 Å². The van der Waals surface area contributed by atoms with Crippen molar-refractivity contribution in [1.82, 2.24) is 9.80 Å². The Kier molecular flexibility index (Phi) is 12.7. The van der Waals surface area contributed by atoms with Gasteiger partial charge in [-0.3, -0.25) is 19.5 Å². The van der Waals surface area contributed by atoms with Gasteiger partial charge in [0.25, 0.3) is 0 Å². The van der Waals surface area contributed by atoms with Gasteiger partial charge >= 0.3 is 6.09 Å². The minimum atomic E-state index is -0.767. The van der Waals surface area contributed by atoms with Gasteiger partial charge in [-0.05, 0) is 90.1 Å². The number of carbonyl (C=O) groups is 2. The van der Waals surface area contributed by atoms with Crippen molar-refractivity contribution in [2.24, 2.45) is 5.92 Å². The second-order valence-corrected chi connectivity index (χ2v) is 13.7. The van der Waals surface area contributed by atoms with Crippen molar-refractivity contribution in [1.29, 1.82) is 0 Å². The van der Waals surface area contributed by atoms with Crippen molar-refractivity contribution in [3.8, 4) is 5.75 Å². The highest BCUT2D eigenvalue weighted by Crippen LogP contribution is 2.35. The van der Waals surface area contributed by atoms with Crippen LogP contribution in [0.15, 0.2) is 47.7 Å². The first-order chi connectivity index (χ1) is 21.9. The van der Waals surface area contributed by atoms with Crippen LogP contribution in [0.5, 0.6) is 5.75 Å². The highest BCUT2D eigenvalue weighted by molar-refractivity contribution is 6.43. The van der Waals surface area contributed by atoms with Gasteiger partial charge in [0.15, 0.2) is 6.23 Å². The molecule has 1 fully saturated rings. The smallest absolute Gasteiger partial charge is 0.416 e. The average Bonchev–Trinajstić information content (AvgIpc) is 3.02. The van der Waals surface area contributed by atoms with Crippen molar-refractivity contribution in [3.05, 3.63) is 63.3 Å². The van der Waals surface area contributed by atoms with Crippen LogP contribution in [0.2, 0.25) is 10.0 Å². The lowest BCUT2D eigenvalue weighted by atomic mass is 10.0. The van der Waals surface area contributed by atoms with Gasteiger partial charge in [-0.1, -0.05) is 54.8 Å². The molecular weight excluding hydrogens is 623 g/mol. The Bertz CT molecular complexity index is 1400. The molecule has 0 saturated carbocycles. The summed E-state index contributed by atoms with van der Waals surface area (Å²) in [4.78, 5) is 34.8. The van der Waals surface area contributed by atoms with Crippen molar-refractivity contribution in [3.63, 3.8) is 0 Å². The number of fused-ring (bicyclic) bond motifs is 1. The number of benzene rings is 2. The third-order valence-corrected chi connectivity index (χ3v) is 10.1. The molecule has 2 atom stereocenters. The van der Waals surface area contributed by atoms with Crippen LogP contribution in [0.3, 0.4) is 0 Å². The molecule has 0 aromatic heterocycles. The lowest BCUT2D eigenvalue weighted by Gasteiger charge is -2.37. The second kappa shape index (κ2) is 16.2. The molecule has 0 radical (unpaired) electrons. The van der Waals surface area contributed by atoms with Crippen molar-refractivity contribution < 1.29 is 19.1 Å². The average molecular weight is 674 g/mol. The topological polar surface area (TPSA) is 65.6 Å². The van der Waals surface area contributed by atoms with E-state index in [0.717, 1.165) is 73.8 Å². The Labute approximate surface area is 285 Å². The monoisotopic (exact) mass is 672 g/mol. The van der Waals surface area contributed by atoms with Gasteiger partial charge in [0, 0.05) is 50.4 Å². The molecule has 2 heterocycles. The number of piperazine rings is 1. The largest absolute Gasteiger partial charge is 0.494 e. The zero-order valence-electron chi connectivity index (χ0n) is 28.4. The van der Waals surface area contributed by atoms with E-state index in [1.54, 1.807) is 16.7 Å². The number of hydrogen-bond acceptors (Lipinski definition) is 6. The number of hydrogen-bond donors (Lipinski definition) is 0. The number of halogens is 2. The zero-order chi connectivity index (χ0) is 33.5. The third kappa shape index (κ3) is 8.69. The lowest BCUT2D eigenvalue weighted by Crippen LogP contribution is -2.48. The van der Waals surface area contributed by atoms with Crippen LogP contribution in [0.1, 0.15) is 73.3 Å². The summed E-state index contributed by atoms with van der Waals surface area (Å²) in [6.07, 6.45) is 1.74. The molecular formula is C36H50Cl2N4O4. The molecule has 2 unspecified atom stereocenters. The lowest BCUT2D eigenvalue weighted by molar-refractivity contribution is -0.120. The maximum atomic E-state index is 13.5. The minimum absolute atomic E-state index is 0.0587. The summed E-state index contributed by atoms with van der Waals surface area (Å²) in [5.41, 5.74) is 4.70. The summed E-state index contributed by atoms with van der Waals surface area (Å²) in [6.45, 7) is 19.2.